The van der Waals surface area contributed by atoms with Crippen molar-refractivity contribution in [1.82, 2.24) is 10.2 Å². The quantitative estimate of drug-likeness (QED) is 0.530. The van der Waals surface area contributed by atoms with E-state index in [1.54, 1.807) is 13.0 Å². The van der Waals surface area contributed by atoms with Crippen LogP contribution in [0.1, 0.15) is 37.0 Å². The highest BCUT2D eigenvalue weighted by Gasteiger charge is 2.27. The van der Waals surface area contributed by atoms with E-state index in [2.05, 4.69) is 21.2 Å². The topological polar surface area (TPSA) is 58.6 Å². The Morgan fingerprint density at radius 1 is 1.20 bits per heavy atom. The van der Waals surface area contributed by atoms with Gasteiger partial charge in [0.1, 0.15) is 11.8 Å². The fraction of sp³-hybridized carbons (Fsp3) is 0.391. The maximum absolute atomic E-state index is 13.1. The number of nitrogens with zero attached hydrogens (tertiary/aromatic N) is 1. The number of hydrogen-bond donors (Lipinski definition) is 1. The highest BCUT2D eigenvalue weighted by Crippen LogP contribution is 2.26. The molecule has 2 rings (SSSR count). The van der Waals surface area contributed by atoms with Gasteiger partial charge < -0.3 is 15.0 Å². The first-order chi connectivity index (χ1) is 14.2. The monoisotopic (exact) mass is 494 g/mol. The number of carbonyl (C=O) groups is 2. The molecule has 2 aromatic carbocycles. The normalized spacial score (nSPS) is 11.7. The van der Waals surface area contributed by atoms with Crippen molar-refractivity contribution < 1.29 is 14.3 Å². The van der Waals surface area contributed by atoms with Crippen LogP contribution < -0.4 is 10.1 Å². The minimum Gasteiger partial charge on any atom is -0.484 e. The van der Waals surface area contributed by atoms with Gasteiger partial charge in [0, 0.05) is 22.6 Å². The number of nitrogens with one attached hydrogen (secondary N) is 1. The van der Waals surface area contributed by atoms with Gasteiger partial charge in [-0.15, -0.1) is 0 Å². The Labute approximate surface area is 191 Å². The van der Waals surface area contributed by atoms with Crippen LogP contribution in [0.25, 0.3) is 0 Å². The van der Waals surface area contributed by atoms with Gasteiger partial charge in [-0.05, 0) is 62.1 Å². The molecule has 0 spiro atoms. The van der Waals surface area contributed by atoms with E-state index in [0.717, 1.165) is 27.6 Å². The molecule has 0 unspecified atom stereocenters. The standard InChI is InChI=1S/C23H28BrClN2O3/c1-5-10-26-23(29)17(4)27(13-18-8-6-7-9-20(18)25)21(28)14-30-19-11-15(2)22(24)16(3)12-19/h6-9,11-12,17H,5,10,13-14H2,1-4H3,(H,26,29)/t17-/m0/s1. The molecule has 7 heteroatoms. The Kier molecular flexibility index (Phi) is 9.18. The number of hydrogen-bond acceptors (Lipinski definition) is 3. The first-order valence-electron chi connectivity index (χ1n) is 9.94. The lowest BCUT2D eigenvalue weighted by atomic mass is 10.1. The molecule has 1 atom stereocenters. The maximum atomic E-state index is 13.1. The highest BCUT2D eigenvalue weighted by atomic mass is 79.9. The molecule has 162 valence electrons. The molecule has 0 aliphatic carbocycles. The summed E-state index contributed by atoms with van der Waals surface area (Å²) >= 11 is 9.82. The van der Waals surface area contributed by atoms with Crippen LogP contribution in [0.3, 0.4) is 0 Å². The number of benzene rings is 2. The molecular formula is C23H28BrClN2O3. The summed E-state index contributed by atoms with van der Waals surface area (Å²) in [7, 11) is 0. The van der Waals surface area contributed by atoms with Crippen molar-refractivity contribution in [3.8, 4) is 5.75 Å². The molecule has 0 saturated carbocycles. The predicted octanol–water partition coefficient (Wildman–Crippen LogP) is 5.04. The lowest BCUT2D eigenvalue weighted by molar-refractivity contribution is -0.142. The third-order valence-electron chi connectivity index (χ3n) is 4.79. The number of aryl methyl sites for hydroxylation is 2. The molecule has 0 heterocycles. The molecule has 2 aromatic rings. The molecule has 1 N–H and O–H groups in total. The minimum atomic E-state index is -0.655. The maximum Gasteiger partial charge on any atom is 0.261 e. The highest BCUT2D eigenvalue weighted by molar-refractivity contribution is 9.10. The summed E-state index contributed by atoms with van der Waals surface area (Å²) in [6.07, 6.45) is 0.822. The van der Waals surface area contributed by atoms with Crippen LogP contribution >= 0.6 is 27.5 Å². The summed E-state index contributed by atoms with van der Waals surface area (Å²) in [6.45, 7) is 8.25. The van der Waals surface area contributed by atoms with E-state index in [4.69, 9.17) is 16.3 Å². The van der Waals surface area contributed by atoms with Gasteiger partial charge in [0.15, 0.2) is 6.61 Å². The number of rotatable bonds is 9. The molecule has 0 saturated heterocycles. The van der Waals surface area contributed by atoms with Crippen LogP contribution in [-0.2, 0) is 16.1 Å². The van der Waals surface area contributed by atoms with Crippen LogP contribution in [0.5, 0.6) is 5.75 Å². The largest absolute Gasteiger partial charge is 0.484 e. The van der Waals surface area contributed by atoms with Crippen molar-refractivity contribution in [2.24, 2.45) is 0 Å². The van der Waals surface area contributed by atoms with Crippen LogP contribution in [0, 0.1) is 13.8 Å². The first kappa shape index (κ1) is 24.2. The zero-order valence-corrected chi connectivity index (χ0v) is 20.1. The molecule has 0 radical (unpaired) electrons. The fourth-order valence-corrected chi connectivity index (χ4v) is 3.43. The second kappa shape index (κ2) is 11.4. The third-order valence-corrected chi connectivity index (χ3v) is 6.41. The van der Waals surface area contributed by atoms with Gasteiger partial charge in [0.05, 0.1) is 0 Å². The van der Waals surface area contributed by atoms with Crippen molar-refractivity contribution in [2.45, 2.75) is 46.7 Å². The zero-order valence-electron chi connectivity index (χ0n) is 17.8. The Morgan fingerprint density at radius 2 is 1.83 bits per heavy atom. The van der Waals surface area contributed by atoms with E-state index in [-0.39, 0.29) is 25.0 Å². The Balaban J connectivity index is 2.18. The number of amides is 2. The predicted molar refractivity (Wildman–Crippen MR) is 124 cm³/mol. The number of halogens is 2. The van der Waals surface area contributed by atoms with Gasteiger partial charge in [0.2, 0.25) is 5.91 Å². The van der Waals surface area contributed by atoms with E-state index in [9.17, 15) is 9.59 Å². The van der Waals surface area contributed by atoms with Crippen molar-refractivity contribution in [1.29, 1.82) is 0 Å². The van der Waals surface area contributed by atoms with Crippen LogP contribution in [0.2, 0.25) is 5.02 Å². The van der Waals surface area contributed by atoms with Crippen molar-refractivity contribution in [3.63, 3.8) is 0 Å². The number of carbonyl (C=O) groups excluding carboxylic acids is 2. The van der Waals surface area contributed by atoms with Gasteiger partial charge in [0.25, 0.3) is 5.91 Å². The third kappa shape index (κ3) is 6.47. The summed E-state index contributed by atoms with van der Waals surface area (Å²) < 4.78 is 6.78. The second-order valence-electron chi connectivity index (χ2n) is 7.24. The zero-order chi connectivity index (χ0) is 22.3. The molecular weight excluding hydrogens is 468 g/mol. The summed E-state index contributed by atoms with van der Waals surface area (Å²) in [5, 5.41) is 3.40. The van der Waals surface area contributed by atoms with Gasteiger partial charge in [-0.3, -0.25) is 9.59 Å². The van der Waals surface area contributed by atoms with Crippen molar-refractivity contribution in [2.75, 3.05) is 13.2 Å². The Bertz CT molecular complexity index is 881. The molecule has 30 heavy (non-hydrogen) atoms. The minimum absolute atomic E-state index is 0.170. The fourth-order valence-electron chi connectivity index (χ4n) is 3.01. The first-order valence-corrected chi connectivity index (χ1v) is 11.1. The van der Waals surface area contributed by atoms with Crippen LogP contribution in [-0.4, -0.2) is 35.9 Å². The summed E-state index contributed by atoms with van der Waals surface area (Å²) in [5.74, 6) is 0.127. The van der Waals surface area contributed by atoms with Gasteiger partial charge >= 0.3 is 0 Å². The van der Waals surface area contributed by atoms with E-state index < -0.39 is 6.04 Å². The summed E-state index contributed by atoms with van der Waals surface area (Å²) in [4.78, 5) is 27.1. The molecule has 0 bridgehead atoms. The SMILES string of the molecule is CCCNC(=O)[C@H](C)N(Cc1ccccc1Cl)C(=O)COc1cc(C)c(Br)c(C)c1. The van der Waals surface area contributed by atoms with Gasteiger partial charge in [-0.25, -0.2) is 0 Å². The molecule has 0 fully saturated rings. The summed E-state index contributed by atoms with van der Waals surface area (Å²) in [5.41, 5.74) is 2.83. The van der Waals surface area contributed by atoms with E-state index >= 15 is 0 Å². The lowest BCUT2D eigenvalue weighted by Crippen LogP contribution is -2.49. The van der Waals surface area contributed by atoms with E-state index in [0.29, 0.717) is 17.3 Å². The Morgan fingerprint density at radius 3 is 2.43 bits per heavy atom. The number of ether oxygens (including phenoxy) is 1. The average molecular weight is 496 g/mol. The van der Waals surface area contributed by atoms with Gasteiger partial charge in [-0.1, -0.05) is 52.7 Å². The van der Waals surface area contributed by atoms with Crippen LogP contribution in [0.4, 0.5) is 0 Å². The smallest absolute Gasteiger partial charge is 0.261 e. The summed E-state index contributed by atoms with van der Waals surface area (Å²) in [6, 6.07) is 10.4. The molecule has 0 aromatic heterocycles. The lowest BCUT2D eigenvalue weighted by Gasteiger charge is -2.29. The molecule has 0 aliphatic heterocycles. The van der Waals surface area contributed by atoms with Gasteiger partial charge in [-0.2, -0.15) is 0 Å². The second-order valence-corrected chi connectivity index (χ2v) is 8.44. The van der Waals surface area contributed by atoms with E-state index in [1.807, 2.05) is 51.1 Å². The van der Waals surface area contributed by atoms with Crippen molar-refractivity contribution >= 4 is 39.3 Å². The molecule has 0 aliphatic rings. The molecule has 5 nitrogen and oxygen atoms in total. The van der Waals surface area contributed by atoms with Crippen molar-refractivity contribution in [3.05, 3.63) is 62.6 Å². The van der Waals surface area contributed by atoms with E-state index in [1.165, 1.54) is 4.90 Å². The average Bonchev–Trinajstić information content (AvgIpc) is 2.72. The molecule has 2 amide bonds. The Hall–Kier alpha value is -2.05. The van der Waals surface area contributed by atoms with Crippen LogP contribution in [0.15, 0.2) is 40.9 Å².